The summed E-state index contributed by atoms with van der Waals surface area (Å²) in [5.74, 6) is 0.621. The summed E-state index contributed by atoms with van der Waals surface area (Å²) in [4.78, 5) is 11.3. The van der Waals surface area contributed by atoms with Crippen molar-refractivity contribution in [3.63, 3.8) is 0 Å². The molecule has 17 heavy (non-hydrogen) atoms. The summed E-state index contributed by atoms with van der Waals surface area (Å²) in [6.07, 6.45) is 2.59. The molecule has 1 fully saturated rings. The third kappa shape index (κ3) is 3.20. The zero-order valence-electron chi connectivity index (χ0n) is 9.90. The van der Waals surface area contributed by atoms with E-state index in [2.05, 4.69) is 10.1 Å². The van der Waals surface area contributed by atoms with Crippen molar-refractivity contribution in [2.45, 2.75) is 19.4 Å². The van der Waals surface area contributed by atoms with E-state index in [1.807, 2.05) is 0 Å². The molecular weight excluding hydrogens is 218 g/mol. The second-order valence-electron chi connectivity index (χ2n) is 4.41. The number of carbonyl (C=O) groups is 1. The molecule has 1 aromatic carbocycles. The van der Waals surface area contributed by atoms with Crippen LogP contribution in [0.1, 0.15) is 28.8 Å². The lowest BCUT2D eigenvalue weighted by Gasteiger charge is -2.08. The topological polar surface area (TPSA) is 58.6 Å². The van der Waals surface area contributed by atoms with Crippen LogP contribution in [0.15, 0.2) is 18.2 Å². The molecule has 1 saturated carbocycles. The summed E-state index contributed by atoms with van der Waals surface area (Å²) >= 11 is 0. The molecule has 1 aliphatic rings. The van der Waals surface area contributed by atoms with Crippen molar-refractivity contribution in [1.29, 1.82) is 0 Å². The summed E-state index contributed by atoms with van der Waals surface area (Å²) in [5, 5.41) is 13.0. The van der Waals surface area contributed by atoms with Crippen molar-refractivity contribution in [2.24, 2.45) is 5.92 Å². The Morgan fingerprint density at radius 1 is 1.53 bits per heavy atom. The molecule has 0 aliphatic heterocycles. The number of aromatic hydroxyl groups is 1. The Balaban J connectivity index is 2.00. The molecule has 2 rings (SSSR count). The quantitative estimate of drug-likeness (QED) is 0.762. The van der Waals surface area contributed by atoms with Gasteiger partial charge in [0.2, 0.25) is 0 Å². The average Bonchev–Trinajstić information content (AvgIpc) is 3.14. The number of hydrogen-bond acceptors (Lipinski definition) is 4. The van der Waals surface area contributed by atoms with E-state index in [-0.39, 0.29) is 11.7 Å². The van der Waals surface area contributed by atoms with E-state index in [0.29, 0.717) is 12.1 Å². The Labute approximate surface area is 101 Å². The van der Waals surface area contributed by atoms with Gasteiger partial charge in [-0.05, 0) is 43.5 Å². The van der Waals surface area contributed by atoms with Crippen LogP contribution in [-0.2, 0) is 11.3 Å². The van der Waals surface area contributed by atoms with Crippen molar-refractivity contribution in [1.82, 2.24) is 5.32 Å². The second-order valence-corrected chi connectivity index (χ2v) is 4.41. The number of esters is 1. The number of hydrogen-bond donors (Lipinski definition) is 2. The molecule has 0 unspecified atom stereocenters. The van der Waals surface area contributed by atoms with Crippen molar-refractivity contribution in [2.75, 3.05) is 13.7 Å². The molecule has 0 radical (unpaired) electrons. The molecule has 0 aromatic heterocycles. The summed E-state index contributed by atoms with van der Waals surface area (Å²) < 4.78 is 4.64. The van der Waals surface area contributed by atoms with Gasteiger partial charge in [0.1, 0.15) is 5.75 Å². The first-order valence-electron chi connectivity index (χ1n) is 5.81. The normalized spacial score (nSPS) is 14.6. The van der Waals surface area contributed by atoms with Crippen LogP contribution in [0.3, 0.4) is 0 Å². The zero-order valence-corrected chi connectivity index (χ0v) is 9.90. The number of nitrogens with one attached hydrogen (secondary N) is 1. The van der Waals surface area contributed by atoms with E-state index >= 15 is 0 Å². The molecule has 4 nitrogen and oxygen atoms in total. The van der Waals surface area contributed by atoms with E-state index in [1.165, 1.54) is 26.0 Å². The highest BCUT2D eigenvalue weighted by Crippen LogP contribution is 2.28. The van der Waals surface area contributed by atoms with Crippen molar-refractivity contribution >= 4 is 5.97 Å². The Bertz CT molecular complexity index is 413. The minimum absolute atomic E-state index is 0.209. The number of methoxy groups -OCH3 is 1. The summed E-state index contributed by atoms with van der Waals surface area (Å²) in [6, 6.07) is 4.76. The molecule has 0 amide bonds. The van der Waals surface area contributed by atoms with E-state index in [9.17, 15) is 9.90 Å². The van der Waals surface area contributed by atoms with Gasteiger partial charge >= 0.3 is 5.97 Å². The lowest BCUT2D eigenvalue weighted by Crippen LogP contribution is -2.16. The van der Waals surface area contributed by atoms with Crippen LogP contribution in [0.5, 0.6) is 5.75 Å². The first kappa shape index (κ1) is 11.9. The Morgan fingerprint density at radius 2 is 2.29 bits per heavy atom. The van der Waals surface area contributed by atoms with Gasteiger partial charge in [-0.25, -0.2) is 4.79 Å². The number of benzene rings is 1. The van der Waals surface area contributed by atoms with Gasteiger partial charge in [0.05, 0.1) is 12.7 Å². The summed E-state index contributed by atoms with van der Waals surface area (Å²) in [7, 11) is 1.35. The molecule has 0 heterocycles. The number of phenols is 1. The maximum absolute atomic E-state index is 11.3. The van der Waals surface area contributed by atoms with Crippen LogP contribution in [0.2, 0.25) is 0 Å². The lowest BCUT2D eigenvalue weighted by molar-refractivity contribution is 0.0600. The molecule has 1 aromatic rings. The van der Waals surface area contributed by atoms with Gasteiger partial charge in [0.25, 0.3) is 0 Å². The van der Waals surface area contributed by atoms with Crippen molar-refractivity contribution in [3.05, 3.63) is 29.3 Å². The van der Waals surface area contributed by atoms with Gasteiger partial charge < -0.3 is 15.2 Å². The maximum atomic E-state index is 11.3. The predicted molar refractivity (Wildman–Crippen MR) is 63.9 cm³/mol. The number of rotatable bonds is 5. The minimum atomic E-state index is -0.381. The fourth-order valence-corrected chi connectivity index (χ4v) is 1.70. The van der Waals surface area contributed by atoms with E-state index in [0.717, 1.165) is 18.0 Å². The molecule has 0 spiro atoms. The molecule has 0 saturated heterocycles. The van der Waals surface area contributed by atoms with Crippen LogP contribution in [0, 0.1) is 5.92 Å². The van der Waals surface area contributed by atoms with E-state index < -0.39 is 0 Å². The highest BCUT2D eigenvalue weighted by Gasteiger charge is 2.20. The SMILES string of the molecule is COC(=O)c1ccc(O)c(CNCC2CC2)c1. The van der Waals surface area contributed by atoms with Crippen molar-refractivity contribution in [3.8, 4) is 5.75 Å². The van der Waals surface area contributed by atoms with Crippen LogP contribution < -0.4 is 5.32 Å². The van der Waals surface area contributed by atoms with Gasteiger partial charge in [0, 0.05) is 12.1 Å². The average molecular weight is 235 g/mol. The molecule has 0 atom stereocenters. The van der Waals surface area contributed by atoms with Crippen LogP contribution in [0.25, 0.3) is 0 Å². The minimum Gasteiger partial charge on any atom is -0.508 e. The molecule has 2 N–H and O–H groups in total. The predicted octanol–water partition coefficient (Wildman–Crippen LogP) is 1.68. The number of phenolic OH excluding ortho intramolecular Hbond substituents is 1. The lowest BCUT2D eigenvalue weighted by atomic mass is 10.1. The number of carbonyl (C=O) groups excluding carboxylic acids is 1. The first-order chi connectivity index (χ1) is 8.20. The second kappa shape index (κ2) is 5.19. The van der Waals surface area contributed by atoms with Gasteiger partial charge in [-0.15, -0.1) is 0 Å². The Kier molecular flexibility index (Phi) is 3.64. The van der Waals surface area contributed by atoms with Crippen LogP contribution >= 0.6 is 0 Å². The standard InChI is InChI=1S/C13H17NO3/c1-17-13(16)10-4-5-12(15)11(6-10)8-14-7-9-2-3-9/h4-6,9,14-15H,2-3,7-8H2,1H3. The van der Waals surface area contributed by atoms with E-state index in [4.69, 9.17) is 0 Å². The molecule has 0 bridgehead atoms. The fraction of sp³-hybridized carbons (Fsp3) is 0.462. The molecule has 1 aliphatic carbocycles. The van der Waals surface area contributed by atoms with Gasteiger partial charge in [-0.1, -0.05) is 0 Å². The third-order valence-corrected chi connectivity index (χ3v) is 2.95. The maximum Gasteiger partial charge on any atom is 0.337 e. The Morgan fingerprint density at radius 3 is 2.94 bits per heavy atom. The van der Waals surface area contributed by atoms with Gasteiger partial charge in [-0.2, -0.15) is 0 Å². The molecular formula is C13H17NO3. The molecule has 4 heteroatoms. The summed E-state index contributed by atoms with van der Waals surface area (Å²) in [6.45, 7) is 1.55. The highest BCUT2D eigenvalue weighted by molar-refractivity contribution is 5.89. The largest absolute Gasteiger partial charge is 0.508 e. The summed E-state index contributed by atoms with van der Waals surface area (Å²) in [5.41, 5.74) is 1.20. The van der Waals surface area contributed by atoms with Crippen LogP contribution in [-0.4, -0.2) is 24.7 Å². The van der Waals surface area contributed by atoms with Gasteiger partial charge in [-0.3, -0.25) is 0 Å². The van der Waals surface area contributed by atoms with E-state index in [1.54, 1.807) is 12.1 Å². The number of ether oxygens (including phenoxy) is 1. The molecule has 92 valence electrons. The smallest absolute Gasteiger partial charge is 0.337 e. The van der Waals surface area contributed by atoms with Crippen LogP contribution in [0.4, 0.5) is 0 Å². The third-order valence-electron chi connectivity index (χ3n) is 2.95. The fourth-order valence-electron chi connectivity index (χ4n) is 1.70. The van der Waals surface area contributed by atoms with Crippen molar-refractivity contribution < 1.29 is 14.6 Å². The Hall–Kier alpha value is -1.55. The van der Waals surface area contributed by atoms with Gasteiger partial charge in [0.15, 0.2) is 0 Å². The monoisotopic (exact) mass is 235 g/mol. The first-order valence-corrected chi connectivity index (χ1v) is 5.81. The highest BCUT2D eigenvalue weighted by atomic mass is 16.5. The zero-order chi connectivity index (χ0) is 12.3.